The predicted octanol–water partition coefficient (Wildman–Crippen LogP) is 1.77. The number of rotatable bonds is 3. The van der Waals surface area contributed by atoms with E-state index in [1.54, 1.807) is 42.5 Å². The number of amides is 2. The van der Waals surface area contributed by atoms with Crippen molar-refractivity contribution in [2.45, 2.75) is 11.6 Å². The van der Waals surface area contributed by atoms with Gasteiger partial charge in [-0.05, 0) is 23.3 Å². The van der Waals surface area contributed by atoms with Crippen LogP contribution >= 0.6 is 0 Å². The summed E-state index contributed by atoms with van der Waals surface area (Å²) in [6.07, 6.45) is 0. The number of imide groups is 1. The minimum atomic E-state index is -1.52. The molecule has 2 aromatic rings. The molecule has 2 fully saturated rings. The van der Waals surface area contributed by atoms with E-state index in [2.05, 4.69) is 5.32 Å². The number of halogens is 1. The van der Waals surface area contributed by atoms with E-state index >= 15 is 0 Å². The lowest BCUT2D eigenvalue weighted by Crippen LogP contribution is -2.53. The van der Waals surface area contributed by atoms with Crippen molar-refractivity contribution in [2.75, 3.05) is 14.2 Å². The molecule has 0 radical (unpaired) electrons. The van der Waals surface area contributed by atoms with E-state index in [0.717, 1.165) is 4.90 Å². The molecular formula is C21H19FN2O4. The first kappa shape index (κ1) is 18.3. The molecule has 0 unspecified atom stereocenters. The summed E-state index contributed by atoms with van der Waals surface area (Å²) in [4.78, 5) is 40.1. The summed E-state index contributed by atoms with van der Waals surface area (Å²) in [7, 11) is 2.66. The van der Waals surface area contributed by atoms with Crippen molar-refractivity contribution in [3.05, 3.63) is 71.5 Å². The molecule has 2 saturated heterocycles. The number of methoxy groups -OCH3 is 1. The third-order valence-corrected chi connectivity index (χ3v) is 5.75. The lowest BCUT2D eigenvalue weighted by Gasteiger charge is -2.32. The van der Waals surface area contributed by atoms with Gasteiger partial charge >= 0.3 is 5.97 Å². The summed E-state index contributed by atoms with van der Waals surface area (Å²) in [5.41, 5.74) is -0.357. The van der Waals surface area contributed by atoms with Crippen molar-refractivity contribution in [1.82, 2.24) is 10.2 Å². The maximum absolute atomic E-state index is 13.4. The van der Waals surface area contributed by atoms with Crippen molar-refractivity contribution in [3.63, 3.8) is 0 Å². The Morgan fingerprint density at radius 1 is 1.07 bits per heavy atom. The molecule has 28 heavy (non-hydrogen) atoms. The number of nitrogens with one attached hydrogen (secondary N) is 1. The second kappa shape index (κ2) is 6.53. The van der Waals surface area contributed by atoms with E-state index in [1.807, 2.05) is 0 Å². The second-order valence-corrected chi connectivity index (χ2v) is 7.08. The predicted molar refractivity (Wildman–Crippen MR) is 97.2 cm³/mol. The molecule has 2 aliphatic heterocycles. The van der Waals surface area contributed by atoms with Gasteiger partial charge in [0.25, 0.3) is 0 Å². The van der Waals surface area contributed by atoms with Crippen LogP contribution < -0.4 is 5.32 Å². The number of esters is 1. The first-order valence-corrected chi connectivity index (χ1v) is 8.90. The van der Waals surface area contributed by atoms with Gasteiger partial charge < -0.3 is 4.74 Å². The fraction of sp³-hybridized carbons (Fsp3) is 0.286. The zero-order chi connectivity index (χ0) is 20.1. The maximum atomic E-state index is 13.4. The monoisotopic (exact) mass is 382 g/mol. The smallest absolute Gasteiger partial charge is 0.331 e. The van der Waals surface area contributed by atoms with Crippen LogP contribution in [0, 0.1) is 17.7 Å². The fourth-order valence-corrected chi connectivity index (χ4v) is 4.44. The molecule has 4 rings (SSSR count). The lowest BCUT2D eigenvalue weighted by molar-refractivity contribution is -0.154. The molecule has 144 valence electrons. The van der Waals surface area contributed by atoms with Gasteiger partial charge in [0.05, 0.1) is 18.9 Å². The van der Waals surface area contributed by atoms with Gasteiger partial charge in [0.15, 0.2) is 5.54 Å². The van der Waals surface area contributed by atoms with Crippen LogP contribution in [0.1, 0.15) is 17.2 Å². The van der Waals surface area contributed by atoms with Gasteiger partial charge in [0.1, 0.15) is 5.82 Å². The molecule has 0 spiro atoms. The van der Waals surface area contributed by atoms with Crippen LogP contribution in [0.15, 0.2) is 54.6 Å². The Bertz CT molecular complexity index is 947. The average molecular weight is 382 g/mol. The van der Waals surface area contributed by atoms with Crippen LogP contribution in [0.3, 0.4) is 0 Å². The Morgan fingerprint density at radius 2 is 1.71 bits per heavy atom. The van der Waals surface area contributed by atoms with E-state index in [9.17, 15) is 18.8 Å². The Kier molecular flexibility index (Phi) is 4.27. The summed E-state index contributed by atoms with van der Waals surface area (Å²) in [6, 6.07) is 13.8. The number of hydrogen-bond donors (Lipinski definition) is 1. The molecule has 0 aromatic heterocycles. The minimum absolute atomic E-state index is 0.376. The number of hydrogen-bond acceptors (Lipinski definition) is 5. The van der Waals surface area contributed by atoms with E-state index in [4.69, 9.17) is 4.74 Å². The van der Waals surface area contributed by atoms with E-state index in [0.29, 0.717) is 11.1 Å². The normalized spacial score (nSPS) is 29.1. The van der Waals surface area contributed by atoms with Gasteiger partial charge in [0, 0.05) is 13.1 Å². The topological polar surface area (TPSA) is 75.7 Å². The van der Waals surface area contributed by atoms with Gasteiger partial charge in [-0.3, -0.25) is 19.8 Å². The van der Waals surface area contributed by atoms with E-state index in [-0.39, 0.29) is 5.91 Å². The fourth-order valence-electron chi connectivity index (χ4n) is 4.44. The van der Waals surface area contributed by atoms with Crippen molar-refractivity contribution in [3.8, 4) is 0 Å². The highest BCUT2D eigenvalue weighted by atomic mass is 19.1. The van der Waals surface area contributed by atoms with Gasteiger partial charge in [-0.25, -0.2) is 9.18 Å². The summed E-state index contributed by atoms with van der Waals surface area (Å²) in [5, 5.41) is 3.23. The first-order chi connectivity index (χ1) is 13.4. The number of carbonyl (C=O) groups excluding carboxylic acids is 3. The van der Waals surface area contributed by atoms with Gasteiger partial charge in [-0.1, -0.05) is 42.5 Å². The number of nitrogens with zero attached hydrogens (tertiary/aromatic N) is 1. The van der Waals surface area contributed by atoms with Crippen LogP contribution in [-0.2, 0) is 24.7 Å². The number of ether oxygens (including phenoxy) is 1. The molecule has 2 amide bonds. The van der Waals surface area contributed by atoms with Crippen molar-refractivity contribution >= 4 is 17.8 Å². The molecular weight excluding hydrogens is 363 g/mol. The third kappa shape index (κ3) is 2.39. The molecule has 0 bridgehead atoms. The quantitative estimate of drug-likeness (QED) is 0.647. The lowest BCUT2D eigenvalue weighted by atomic mass is 9.75. The Morgan fingerprint density at radius 3 is 2.32 bits per heavy atom. The third-order valence-electron chi connectivity index (χ3n) is 5.75. The molecule has 2 heterocycles. The summed E-state index contributed by atoms with van der Waals surface area (Å²) in [6.45, 7) is 0. The van der Waals surface area contributed by atoms with Crippen LogP contribution in [0.2, 0.25) is 0 Å². The largest absolute Gasteiger partial charge is 0.467 e. The van der Waals surface area contributed by atoms with Gasteiger partial charge in [-0.2, -0.15) is 0 Å². The molecule has 2 aromatic carbocycles. The molecule has 2 aliphatic rings. The van der Waals surface area contributed by atoms with Crippen LogP contribution in [0.25, 0.3) is 0 Å². The maximum Gasteiger partial charge on any atom is 0.331 e. The number of likely N-dealkylation sites (tertiary alicyclic amines) is 1. The van der Waals surface area contributed by atoms with Crippen molar-refractivity contribution in [1.29, 1.82) is 0 Å². The number of fused-ring (bicyclic) bond motifs is 1. The van der Waals surface area contributed by atoms with Crippen LogP contribution in [0.5, 0.6) is 0 Å². The van der Waals surface area contributed by atoms with E-state index in [1.165, 1.54) is 26.3 Å². The standard InChI is InChI=1S/C21H19FN2O4/c1-24-18(25)15-16(19(24)26)21(20(27)28-2,13-6-4-3-5-7-13)23-17(15)12-8-10-14(22)11-9-12/h3-11,15-17,23H,1-2H3/t15-,16-,17-,21-/m1/s1. The zero-order valence-electron chi connectivity index (χ0n) is 15.4. The van der Waals surface area contributed by atoms with Crippen LogP contribution in [0.4, 0.5) is 4.39 Å². The molecule has 0 aliphatic carbocycles. The molecule has 4 atom stereocenters. The highest BCUT2D eigenvalue weighted by molar-refractivity contribution is 6.09. The first-order valence-electron chi connectivity index (χ1n) is 8.90. The summed E-state index contributed by atoms with van der Waals surface area (Å²) < 4.78 is 18.5. The number of carbonyl (C=O) groups is 3. The van der Waals surface area contributed by atoms with Crippen LogP contribution in [-0.4, -0.2) is 36.8 Å². The van der Waals surface area contributed by atoms with Crippen molar-refractivity contribution in [2.24, 2.45) is 11.8 Å². The van der Waals surface area contributed by atoms with Gasteiger partial charge in [-0.15, -0.1) is 0 Å². The van der Waals surface area contributed by atoms with E-state index < -0.39 is 41.1 Å². The molecule has 6 nitrogen and oxygen atoms in total. The van der Waals surface area contributed by atoms with Crippen molar-refractivity contribution < 1.29 is 23.5 Å². The summed E-state index contributed by atoms with van der Waals surface area (Å²) in [5.74, 6) is -3.64. The molecule has 1 N–H and O–H groups in total. The molecule has 7 heteroatoms. The Labute approximate surface area is 161 Å². The Hall–Kier alpha value is -3.06. The average Bonchev–Trinajstić information content (AvgIpc) is 3.19. The highest BCUT2D eigenvalue weighted by Crippen LogP contribution is 2.53. The minimum Gasteiger partial charge on any atom is -0.467 e. The highest BCUT2D eigenvalue weighted by Gasteiger charge is 2.68. The molecule has 0 saturated carbocycles. The second-order valence-electron chi connectivity index (χ2n) is 7.08. The SMILES string of the molecule is COC(=O)[C@]1(c2ccccc2)N[C@H](c2ccc(F)cc2)[C@@H]2C(=O)N(C)C(=O)[C@@H]21. The number of benzene rings is 2. The van der Waals surface area contributed by atoms with Gasteiger partial charge in [0.2, 0.25) is 11.8 Å². The zero-order valence-corrected chi connectivity index (χ0v) is 15.4. The Balaban J connectivity index is 1.94. The summed E-state index contributed by atoms with van der Waals surface area (Å²) >= 11 is 0.